The molecular weight excluding hydrogens is 378 g/mol. The Kier molecular flexibility index (Phi) is 5.34. The van der Waals surface area contributed by atoms with Crippen molar-refractivity contribution in [1.82, 2.24) is 24.8 Å². The highest BCUT2D eigenvalue weighted by molar-refractivity contribution is 7.15. The van der Waals surface area contributed by atoms with Crippen LogP contribution in [0.3, 0.4) is 0 Å². The van der Waals surface area contributed by atoms with Crippen molar-refractivity contribution in [3.8, 4) is 17.1 Å². The van der Waals surface area contributed by atoms with Gasteiger partial charge in [0, 0.05) is 36.2 Å². The van der Waals surface area contributed by atoms with Gasteiger partial charge in [-0.15, -0.1) is 11.3 Å². The number of hydrogen-bond donors (Lipinski definition) is 1. The van der Waals surface area contributed by atoms with Gasteiger partial charge in [-0.2, -0.15) is 4.98 Å². The topological polar surface area (TPSA) is 94.5 Å². The zero-order valence-corrected chi connectivity index (χ0v) is 16.1. The third-order valence-corrected chi connectivity index (χ3v) is 4.84. The number of amides is 1. The van der Waals surface area contributed by atoms with Crippen molar-refractivity contribution in [2.75, 3.05) is 6.61 Å². The molecule has 0 unspecified atom stereocenters. The van der Waals surface area contributed by atoms with Gasteiger partial charge in [0.15, 0.2) is 4.96 Å². The largest absolute Gasteiger partial charge is 0.494 e. The Morgan fingerprint density at radius 1 is 1.29 bits per heavy atom. The number of ether oxygens (including phenoxy) is 1. The molecule has 4 aromatic rings. The number of nitrogens with zero attached hydrogens (tertiary/aromatic N) is 4. The second-order valence-corrected chi connectivity index (χ2v) is 6.94. The van der Waals surface area contributed by atoms with Gasteiger partial charge >= 0.3 is 0 Å². The maximum absolute atomic E-state index is 12.1. The molecule has 8 nitrogen and oxygen atoms in total. The van der Waals surface area contributed by atoms with Crippen molar-refractivity contribution in [2.45, 2.75) is 26.3 Å². The zero-order chi connectivity index (χ0) is 19.3. The number of rotatable bonds is 8. The van der Waals surface area contributed by atoms with Gasteiger partial charge < -0.3 is 14.6 Å². The zero-order valence-electron chi connectivity index (χ0n) is 15.3. The Bertz CT molecular complexity index is 1040. The lowest BCUT2D eigenvalue weighted by molar-refractivity contribution is -0.121. The standard InChI is InChI=1S/C19H19N5O3S/c1-2-26-15-5-3-13(4-6-15)18-22-17(27-23-18)8-7-16(25)20-11-14-12-24-9-10-28-19(24)21-14/h3-6,9-10,12H,2,7-8,11H2,1H3,(H,20,25). The summed E-state index contributed by atoms with van der Waals surface area (Å²) in [5.41, 5.74) is 1.67. The first-order valence-corrected chi connectivity index (χ1v) is 9.83. The van der Waals surface area contributed by atoms with E-state index in [1.807, 2.05) is 53.4 Å². The summed E-state index contributed by atoms with van der Waals surface area (Å²) in [7, 11) is 0. The van der Waals surface area contributed by atoms with Crippen molar-refractivity contribution < 1.29 is 14.1 Å². The monoisotopic (exact) mass is 397 g/mol. The molecule has 0 atom stereocenters. The van der Waals surface area contributed by atoms with E-state index in [4.69, 9.17) is 9.26 Å². The van der Waals surface area contributed by atoms with Crippen LogP contribution in [0.15, 0.2) is 46.6 Å². The van der Waals surface area contributed by atoms with Crippen molar-refractivity contribution in [1.29, 1.82) is 0 Å². The molecule has 3 aromatic heterocycles. The third-order valence-electron chi connectivity index (χ3n) is 4.07. The van der Waals surface area contributed by atoms with Crippen molar-refractivity contribution in [2.24, 2.45) is 0 Å². The summed E-state index contributed by atoms with van der Waals surface area (Å²) < 4.78 is 12.6. The Labute approximate surface area is 165 Å². The quantitative estimate of drug-likeness (QED) is 0.491. The second-order valence-electron chi connectivity index (χ2n) is 6.07. The van der Waals surface area contributed by atoms with Crippen LogP contribution in [0.5, 0.6) is 5.75 Å². The number of nitrogens with one attached hydrogen (secondary N) is 1. The number of hydrogen-bond acceptors (Lipinski definition) is 7. The normalized spacial score (nSPS) is 11.0. The fourth-order valence-electron chi connectivity index (χ4n) is 2.70. The maximum Gasteiger partial charge on any atom is 0.227 e. The maximum atomic E-state index is 12.1. The van der Waals surface area contributed by atoms with E-state index in [2.05, 4.69) is 20.4 Å². The van der Waals surface area contributed by atoms with Crippen molar-refractivity contribution in [3.05, 3.63) is 53.6 Å². The molecule has 3 heterocycles. The first-order chi connectivity index (χ1) is 13.7. The number of thiazole rings is 1. The molecule has 1 aromatic carbocycles. The number of benzene rings is 1. The molecule has 28 heavy (non-hydrogen) atoms. The molecule has 144 valence electrons. The SMILES string of the molecule is CCOc1ccc(-c2noc(CCC(=O)NCc3cn4ccsc4n3)n2)cc1. The summed E-state index contributed by atoms with van der Waals surface area (Å²) in [6.07, 6.45) is 4.50. The van der Waals surface area contributed by atoms with Gasteiger partial charge in [-0.1, -0.05) is 5.16 Å². The van der Waals surface area contributed by atoms with Gasteiger partial charge in [-0.3, -0.25) is 9.20 Å². The van der Waals surface area contributed by atoms with Gasteiger partial charge in [-0.25, -0.2) is 4.98 Å². The van der Waals surface area contributed by atoms with Crippen LogP contribution in [-0.4, -0.2) is 32.0 Å². The lowest BCUT2D eigenvalue weighted by Crippen LogP contribution is -2.23. The van der Waals surface area contributed by atoms with E-state index in [9.17, 15) is 4.79 Å². The lowest BCUT2D eigenvalue weighted by Gasteiger charge is -2.02. The van der Waals surface area contributed by atoms with E-state index in [0.29, 0.717) is 31.3 Å². The van der Waals surface area contributed by atoms with E-state index in [1.165, 1.54) is 0 Å². The molecule has 0 saturated heterocycles. The highest BCUT2D eigenvalue weighted by Crippen LogP contribution is 2.20. The molecule has 0 bridgehead atoms. The summed E-state index contributed by atoms with van der Waals surface area (Å²) in [4.78, 5) is 21.8. The van der Waals surface area contributed by atoms with Crippen LogP contribution in [0.1, 0.15) is 24.9 Å². The summed E-state index contributed by atoms with van der Waals surface area (Å²) in [5.74, 6) is 1.64. The molecule has 1 amide bonds. The summed E-state index contributed by atoms with van der Waals surface area (Å²) in [5, 5.41) is 8.81. The predicted octanol–water partition coefficient (Wildman–Crippen LogP) is 3.09. The fraction of sp³-hybridized carbons (Fsp3) is 0.263. The first-order valence-electron chi connectivity index (χ1n) is 8.95. The molecule has 0 aliphatic heterocycles. The minimum absolute atomic E-state index is 0.0860. The van der Waals surface area contributed by atoms with Crippen LogP contribution in [0.4, 0.5) is 0 Å². The third kappa shape index (κ3) is 4.20. The summed E-state index contributed by atoms with van der Waals surface area (Å²) in [6, 6.07) is 7.48. The number of aryl methyl sites for hydroxylation is 1. The van der Waals surface area contributed by atoms with Crippen LogP contribution < -0.4 is 10.1 Å². The summed E-state index contributed by atoms with van der Waals surface area (Å²) in [6.45, 7) is 2.95. The minimum Gasteiger partial charge on any atom is -0.494 e. The van der Waals surface area contributed by atoms with Gasteiger partial charge in [0.05, 0.1) is 18.8 Å². The predicted molar refractivity (Wildman–Crippen MR) is 104 cm³/mol. The fourth-order valence-corrected chi connectivity index (χ4v) is 3.42. The van der Waals surface area contributed by atoms with Crippen LogP contribution in [0.25, 0.3) is 16.3 Å². The molecule has 0 radical (unpaired) electrons. The van der Waals surface area contributed by atoms with E-state index in [1.54, 1.807) is 11.3 Å². The Morgan fingerprint density at radius 2 is 2.14 bits per heavy atom. The van der Waals surface area contributed by atoms with Gasteiger partial charge in [0.2, 0.25) is 17.6 Å². The smallest absolute Gasteiger partial charge is 0.227 e. The average molecular weight is 397 g/mol. The van der Waals surface area contributed by atoms with Crippen molar-refractivity contribution >= 4 is 22.2 Å². The van der Waals surface area contributed by atoms with E-state index in [0.717, 1.165) is 22.0 Å². The van der Waals surface area contributed by atoms with Crippen LogP contribution in [-0.2, 0) is 17.8 Å². The molecule has 4 rings (SSSR count). The molecule has 0 fully saturated rings. The highest BCUT2D eigenvalue weighted by Gasteiger charge is 2.11. The molecule has 0 saturated carbocycles. The van der Waals surface area contributed by atoms with Crippen LogP contribution in [0, 0.1) is 0 Å². The number of imidazole rings is 1. The van der Waals surface area contributed by atoms with E-state index < -0.39 is 0 Å². The molecule has 0 aliphatic rings. The Hall–Kier alpha value is -3.20. The molecular formula is C19H19N5O3S. The van der Waals surface area contributed by atoms with Crippen LogP contribution >= 0.6 is 11.3 Å². The van der Waals surface area contributed by atoms with Gasteiger partial charge in [-0.05, 0) is 31.2 Å². The highest BCUT2D eigenvalue weighted by atomic mass is 32.1. The number of carbonyl (C=O) groups excluding carboxylic acids is 1. The number of aromatic nitrogens is 4. The molecule has 0 aliphatic carbocycles. The minimum atomic E-state index is -0.0860. The second kappa shape index (κ2) is 8.22. The van der Waals surface area contributed by atoms with Crippen molar-refractivity contribution in [3.63, 3.8) is 0 Å². The molecule has 1 N–H and O–H groups in total. The van der Waals surface area contributed by atoms with Gasteiger partial charge in [0.1, 0.15) is 5.75 Å². The van der Waals surface area contributed by atoms with Gasteiger partial charge in [0.25, 0.3) is 0 Å². The number of fused-ring (bicyclic) bond motifs is 1. The molecule has 9 heteroatoms. The first kappa shape index (κ1) is 18.2. The number of carbonyl (C=O) groups is 1. The van der Waals surface area contributed by atoms with Crippen LogP contribution in [0.2, 0.25) is 0 Å². The Morgan fingerprint density at radius 3 is 2.93 bits per heavy atom. The molecule has 0 spiro atoms. The summed E-state index contributed by atoms with van der Waals surface area (Å²) >= 11 is 1.56. The lowest BCUT2D eigenvalue weighted by atomic mass is 10.2. The average Bonchev–Trinajstić information content (AvgIpc) is 3.42. The Balaban J connectivity index is 1.27. The van der Waals surface area contributed by atoms with E-state index in [-0.39, 0.29) is 12.3 Å². The van der Waals surface area contributed by atoms with E-state index >= 15 is 0 Å².